The molecule has 11 aromatic carbocycles. The first-order chi connectivity index (χ1) is 66.0. The van der Waals surface area contributed by atoms with Gasteiger partial charge >= 0.3 is 43.2 Å². The van der Waals surface area contributed by atoms with Crippen LogP contribution < -0.4 is 88.7 Å². The van der Waals surface area contributed by atoms with Crippen LogP contribution >= 0.6 is 73.9 Å². The van der Waals surface area contributed by atoms with Gasteiger partial charge in [-0.25, -0.2) is 31.5 Å². The molecule has 0 radical (unpaired) electrons. The van der Waals surface area contributed by atoms with Crippen molar-refractivity contribution < 1.29 is 165 Å². The second-order valence-electron chi connectivity index (χ2n) is 29.4. The van der Waals surface area contributed by atoms with E-state index < -0.39 is 93.4 Å². The molecule has 0 fully saturated rings. The number of anilines is 6. The number of aliphatic hydroxyl groups is 4. The zero-order valence-corrected chi connectivity index (χ0v) is 81.8. The maximum Gasteiger partial charge on any atom is 1.00 e. The minimum absolute atomic E-state index is 0. The predicted molar refractivity (Wildman–Crippen MR) is 512 cm³/mol. The van der Waals surface area contributed by atoms with Crippen molar-refractivity contribution in [3.8, 4) is 46.0 Å². The Morgan fingerprint density at radius 1 is 0.447 bits per heavy atom. The summed E-state index contributed by atoms with van der Waals surface area (Å²) in [6.45, 7) is 3.54. The van der Waals surface area contributed by atoms with E-state index in [-0.39, 0.29) is 139 Å². The van der Waals surface area contributed by atoms with E-state index in [1.54, 1.807) is 79.9 Å². The van der Waals surface area contributed by atoms with Gasteiger partial charge < -0.3 is 106 Å². The Balaban J connectivity index is 0.000000302. The van der Waals surface area contributed by atoms with Crippen LogP contribution in [0.3, 0.4) is 0 Å². The molecule has 4 unspecified atom stereocenters. The average molecular weight is 2140 g/mol. The second kappa shape index (κ2) is 58.5. The normalized spacial score (nSPS) is 12.1. The maximum atomic E-state index is 15.0. The van der Waals surface area contributed by atoms with E-state index >= 15 is 4.39 Å². The number of rotatable bonds is 32. The van der Waals surface area contributed by atoms with Crippen LogP contribution in [0.25, 0.3) is 0 Å². The Hall–Kier alpha value is -11.9. The summed E-state index contributed by atoms with van der Waals surface area (Å²) < 4.78 is 193. The second-order valence-corrected chi connectivity index (χ2v) is 32.5. The van der Waals surface area contributed by atoms with Gasteiger partial charge in [0, 0.05) is 174 Å². The topological polar surface area (TPSA) is 377 Å². The number of hydrogen-bond acceptors (Lipinski definition) is 24. The number of carboxylic acid groups (broad SMARTS) is 1. The summed E-state index contributed by atoms with van der Waals surface area (Å²) in [7, 11) is 7.13. The molecular weight excluding hydrogens is 2040 g/mol. The number of nitrogens with two attached hydrogens (primary N) is 1. The van der Waals surface area contributed by atoms with Crippen LogP contribution in [0.4, 0.5) is 82.4 Å². The summed E-state index contributed by atoms with van der Waals surface area (Å²) in [6, 6.07) is 42.8. The smallest absolute Gasteiger partial charge is 0.870 e. The molecule has 0 aliphatic carbocycles. The Morgan fingerprint density at radius 2 is 0.794 bits per heavy atom. The fraction of sp³-hybridized carbons (Fsp3) is 0.268. The maximum absolute atomic E-state index is 15.0. The molecule has 754 valence electrons. The third-order valence-corrected chi connectivity index (χ3v) is 21.7. The number of fused-ring (bicyclic) bond motifs is 2. The van der Waals surface area contributed by atoms with Crippen molar-refractivity contribution in [3.05, 3.63) is 304 Å². The van der Waals surface area contributed by atoms with Crippen LogP contribution in [0.5, 0.6) is 46.0 Å². The minimum Gasteiger partial charge on any atom is -0.870 e. The molecule has 1 amide bonds. The van der Waals surface area contributed by atoms with E-state index in [4.69, 9.17) is 127 Å². The predicted octanol–water partition coefficient (Wildman–Crippen LogP) is 18.2. The SMILES string of the molecule is CC(=O)C(Br)c1ccc(Cl)cc1F.CC(=O)Cc1ccc(Cl)cc1F.COC(=O)C(Nc1cc(OC)cc(OCCO)c1)c1ccc(Cl)cc1F.COc1cc(N)cc(OCCO)c1.COc1cc(NC(C(=O)N2CCc3ccc(C(F)(F)F)cc32)c2ccc(Cl)cc2F)cc(OCCO)c1.COc1cc(NC(C(=O)O)c2ccc(Cl)cc2F)cc(OCCO)c1.FC(F)(F)c1ccc2c(c1)NCC2.[Li+].[OH-]. The number of amides is 1. The van der Waals surface area contributed by atoms with E-state index in [0.29, 0.717) is 108 Å². The number of nitrogen functional groups attached to an aromatic ring is 1. The Kier molecular flexibility index (Phi) is 49.6. The quantitative estimate of drug-likeness (QED) is 0.00615. The number of benzene rings is 11. The monoisotopic (exact) mass is 2130 g/mol. The number of methoxy groups -OCH3 is 5. The number of aliphatic carboxylic acids is 1. The van der Waals surface area contributed by atoms with Crippen molar-refractivity contribution in [2.24, 2.45) is 0 Å². The largest absolute Gasteiger partial charge is 1.00 e. The van der Waals surface area contributed by atoms with Gasteiger partial charge in [-0.1, -0.05) is 116 Å². The minimum atomic E-state index is -4.59. The number of hydrogen-bond donors (Lipinski definition) is 10. The first-order valence-corrected chi connectivity index (χ1v) is 44.2. The van der Waals surface area contributed by atoms with Gasteiger partial charge in [-0.05, 0) is 128 Å². The summed E-state index contributed by atoms with van der Waals surface area (Å²) >= 11 is 31.6. The Bertz CT molecular complexity index is 6000. The van der Waals surface area contributed by atoms with Crippen molar-refractivity contribution in [1.82, 2.24) is 0 Å². The van der Waals surface area contributed by atoms with E-state index in [9.17, 15) is 73.0 Å². The first kappa shape index (κ1) is 120. The van der Waals surface area contributed by atoms with Gasteiger partial charge in [0.2, 0.25) is 0 Å². The molecular formula is C97H96BrCl5F11LiN6O20. The van der Waals surface area contributed by atoms with Gasteiger partial charge in [-0.2, -0.15) is 26.3 Å². The number of alkyl halides is 7. The van der Waals surface area contributed by atoms with Crippen molar-refractivity contribution in [2.45, 2.75) is 68.4 Å². The molecule has 2 aliphatic heterocycles. The number of nitrogens with zero attached hydrogens (tertiary/aromatic N) is 1. The van der Waals surface area contributed by atoms with Gasteiger partial charge in [0.25, 0.3) is 5.91 Å². The molecule has 44 heteroatoms. The Labute approximate surface area is 848 Å². The van der Waals surface area contributed by atoms with E-state index in [0.717, 1.165) is 54.9 Å². The molecule has 11 aromatic rings. The number of Topliss-reactive ketones (excluding diaryl/α,β-unsaturated/α-hetero) is 2. The summed E-state index contributed by atoms with van der Waals surface area (Å²) in [4.78, 5) is 59.8. The van der Waals surface area contributed by atoms with Gasteiger partial charge in [-0.3, -0.25) is 14.4 Å². The average Bonchev–Trinajstić information content (AvgIpc) is 1.65. The molecule has 0 bridgehead atoms. The van der Waals surface area contributed by atoms with E-state index in [1.807, 2.05) is 0 Å². The number of esters is 1. The molecule has 0 saturated heterocycles. The number of carbonyl (C=O) groups is 5. The number of halogens is 17. The number of ketones is 2. The molecule has 141 heavy (non-hydrogen) atoms. The van der Waals surface area contributed by atoms with Crippen molar-refractivity contribution in [3.63, 3.8) is 0 Å². The first-order valence-electron chi connectivity index (χ1n) is 41.4. The van der Waals surface area contributed by atoms with Crippen molar-refractivity contribution in [1.29, 1.82) is 0 Å². The Morgan fingerprint density at radius 3 is 1.17 bits per heavy atom. The summed E-state index contributed by atoms with van der Waals surface area (Å²) in [5.74, 6) is -2.21. The number of nitrogens with one attached hydrogen (secondary N) is 4. The summed E-state index contributed by atoms with van der Waals surface area (Å²) in [6.07, 6.45) is -7.53. The number of ether oxygens (including phenoxy) is 9. The third-order valence-electron chi connectivity index (χ3n) is 19.4. The standard InChI is InChI=1S/C26H23ClF4N2O4.C18H19ClFNO5.C17H17ClFNO5.C9H7BrClFO.C9H8ClFO.C9H8F3N.C9H13NO3.Li.H2O/c1-36-19-12-18(13-20(14-19)37-9-8-34)32-24(21-5-4-17(27)11-22(21)28)25(35)33-7-6-15-2-3-16(10-23(15)33)26(29,30)31;1-24-13-8-12(9-14(10-13)26-6-5-22)21-17(18(23)25-2)15-4-3-11(19)7-16(15)20;1-24-12-7-11(8-13(9-12)25-5-4-21)20-16(17(22)23)14-3-2-10(18)6-15(14)19;1-5(13)9(10)7-3-2-6(11)4-8(7)12;1-6(12)4-7-2-3-8(10)5-9(7)11;10-9(11,12)7-2-1-6-3-4-13-8(6)5-7;1-12-8-4-7(10)5-9(6-8)13-3-2-11;;/h2-5,10-14,24,32,34H,6-9H2,1H3;3-4,7-10,17,21-22H,5-6H2,1-2H3;2-3,6-9,16,20-21H,4-5H2,1H3,(H,22,23);2-4,9H,1H3;2-3,5H,4H2,1H3;1-2,5,13H,3-4H2;4-6,11H,2-3,10H2,1H3;;1H2/q;;;;;;;+1;/p-1. The van der Waals surface area contributed by atoms with Crippen molar-refractivity contribution >= 4 is 137 Å². The molecule has 4 atom stereocenters. The van der Waals surface area contributed by atoms with Crippen LogP contribution in [-0.4, -0.2) is 162 Å². The van der Waals surface area contributed by atoms with Crippen LogP contribution in [-0.2, 0) is 60.3 Å². The van der Waals surface area contributed by atoms with Gasteiger partial charge in [-0.15, -0.1) is 0 Å². The van der Waals surface area contributed by atoms with Crippen LogP contribution in [0, 0.1) is 29.1 Å². The van der Waals surface area contributed by atoms with Gasteiger partial charge in [0.15, 0.2) is 12.1 Å². The fourth-order valence-corrected chi connectivity index (χ4v) is 14.1. The van der Waals surface area contributed by atoms with Gasteiger partial charge in [0.1, 0.15) is 124 Å². The van der Waals surface area contributed by atoms with Gasteiger partial charge in [0.05, 0.1) is 73.1 Å². The number of aliphatic hydroxyl groups excluding tert-OH is 4. The van der Waals surface area contributed by atoms with Crippen molar-refractivity contribution in [2.75, 3.05) is 133 Å². The van der Waals surface area contributed by atoms with E-state index in [1.165, 1.54) is 138 Å². The summed E-state index contributed by atoms with van der Waals surface area (Å²) in [5.41, 5.74) is 8.80. The molecule has 0 spiro atoms. The molecule has 0 saturated carbocycles. The molecule has 13 rings (SSSR count). The number of carboxylic acids is 1. The molecule has 12 N–H and O–H groups in total. The molecule has 26 nitrogen and oxygen atoms in total. The van der Waals surface area contributed by atoms with E-state index in [2.05, 4.69) is 37.2 Å². The van der Waals surface area contributed by atoms with Crippen LogP contribution in [0.15, 0.2) is 200 Å². The van der Waals surface area contributed by atoms with Crippen LogP contribution in [0.2, 0.25) is 25.1 Å². The fourth-order valence-electron chi connectivity index (χ4n) is 12.9. The van der Waals surface area contributed by atoms with Crippen LogP contribution in [0.1, 0.15) is 86.9 Å². The molecule has 2 aliphatic rings. The zero-order chi connectivity index (χ0) is 103. The third kappa shape index (κ3) is 37.8. The molecule has 2 heterocycles. The number of carbonyl (C=O) groups excluding carboxylic acids is 4. The summed E-state index contributed by atoms with van der Waals surface area (Å²) in [5, 5.41) is 57.5. The zero-order valence-electron chi connectivity index (χ0n) is 76.4. The molecule has 0 aromatic heterocycles.